The van der Waals surface area contributed by atoms with Crippen LogP contribution in [0.2, 0.25) is 0 Å². The fraction of sp³-hybridized carbons (Fsp3) is 0.154. The first-order chi connectivity index (χ1) is 9.10. The van der Waals surface area contributed by atoms with E-state index in [1.807, 2.05) is 13.0 Å². The molecule has 0 saturated carbocycles. The number of nitrogens with two attached hydrogens (primary N) is 1. The Labute approximate surface area is 110 Å². The molecule has 0 amide bonds. The summed E-state index contributed by atoms with van der Waals surface area (Å²) in [5.41, 5.74) is 7.36. The minimum Gasteiger partial charge on any atom is -0.465 e. The lowest BCUT2D eigenvalue weighted by Crippen LogP contribution is -2.07. The summed E-state index contributed by atoms with van der Waals surface area (Å²) in [5.74, 6) is 0.293. The first kappa shape index (κ1) is 12.8. The fourth-order valence-electron chi connectivity index (χ4n) is 1.67. The summed E-state index contributed by atoms with van der Waals surface area (Å²) in [7, 11) is 1.34. The van der Waals surface area contributed by atoms with Crippen LogP contribution >= 0.6 is 0 Å². The number of nitrogens with zero attached hydrogens (tertiary/aromatic N) is 2. The minimum absolute atomic E-state index is 0.179. The number of nitrogens with one attached hydrogen (secondary N) is 1. The molecule has 3 N–H and O–H groups in total. The van der Waals surface area contributed by atoms with Gasteiger partial charge < -0.3 is 15.8 Å². The second kappa shape index (κ2) is 5.34. The van der Waals surface area contributed by atoms with Crippen LogP contribution in [0, 0.1) is 6.92 Å². The number of ether oxygens (including phenoxy) is 1. The number of aryl methyl sites for hydroxylation is 1. The first-order valence-electron chi connectivity index (χ1n) is 5.65. The summed E-state index contributed by atoms with van der Waals surface area (Å²) in [6, 6.07) is 8.75. The van der Waals surface area contributed by atoms with E-state index in [9.17, 15) is 4.79 Å². The summed E-state index contributed by atoms with van der Waals surface area (Å²) >= 11 is 0. The number of aromatic nitrogens is 2. The number of benzene rings is 1. The van der Waals surface area contributed by atoms with Crippen LogP contribution in [-0.2, 0) is 4.74 Å². The molecular formula is C13H14N4O2. The molecule has 19 heavy (non-hydrogen) atoms. The van der Waals surface area contributed by atoms with E-state index in [0.717, 1.165) is 5.69 Å². The van der Waals surface area contributed by atoms with Crippen molar-refractivity contribution in [2.75, 3.05) is 18.2 Å². The van der Waals surface area contributed by atoms with Crippen molar-refractivity contribution in [1.82, 2.24) is 9.97 Å². The molecule has 0 saturated heterocycles. The minimum atomic E-state index is -0.415. The standard InChI is InChI=1S/C13H14N4O2/c1-8-7-11(17-13(14)15-8)16-10-6-4-3-5-9(10)12(18)19-2/h3-7H,1-2H3,(H3,14,15,16,17). The van der Waals surface area contributed by atoms with Crippen LogP contribution in [0.15, 0.2) is 30.3 Å². The van der Waals surface area contributed by atoms with E-state index in [1.165, 1.54) is 7.11 Å². The summed E-state index contributed by atoms with van der Waals surface area (Å²) < 4.78 is 4.73. The van der Waals surface area contributed by atoms with E-state index >= 15 is 0 Å². The molecule has 0 fully saturated rings. The molecular weight excluding hydrogens is 244 g/mol. The number of carbonyl (C=O) groups excluding carboxylic acids is 1. The molecule has 98 valence electrons. The van der Waals surface area contributed by atoms with E-state index in [-0.39, 0.29) is 5.95 Å². The number of hydrogen-bond acceptors (Lipinski definition) is 6. The number of hydrogen-bond donors (Lipinski definition) is 2. The van der Waals surface area contributed by atoms with Crippen LogP contribution in [0.3, 0.4) is 0 Å². The van der Waals surface area contributed by atoms with E-state index in [4.69, 9.17) is 10.5 Å². The Kier molecular flexibility index (Phi) is 3.61. The molecule has 0 spiro atoms. The van der Waals surface area contributed by atoms with E-state index in [0.29, 0.717) is 17.1 Å². The van der Waals surface area contributed by atoms with Gasteiger partial charge in [-0.2, -0.15) is 4.98 Å². The van der Waals surface area contributed by atoms with Crippen molar-refractivity contribution in [1.29, 1.82) is 0 Å². The monoisotopic (exact) mass is 258 g/mol. The van der Waals surface area contributed by atoms with Gasteiger partial charge in [-0.3, -0.25) is 0 Å². The molecule has 1 aromatic heterocycles. The van der Waals surface area contributed by atoms with Gasteiger partial charge in [0.15, 0.2) is 0 Å². The number of methoxy groups -OCH3 is 1. The topological polar surface area (TPSA) is 90.1 Å². The molecule has 2 rings (SSSR count). The molecule has 0 atom stereocenters. The number of rotatable bonds is 3. The van der Waals surface area contributed by atoms with E-state index < -0.39 is 5.97 Å². The molecule has 0 bridgehead atoms. The van der Waals surface area contributed by atoms with Crippen LogP contribution in [0.4, 0.5) is 17.5 Å². The molecule has 1 heterocycles. The van der Waals surface area contributed by atoms with Crippen molar-refractivity contribution in [3.05, 3.63) is 41.6 Å². The van der Waals surface area contributed by atoms with Gasteiger partial charge in [0.25, 0.3) is 0 Å². The van der Waals surface area contributed by atoms with Crippen molar-refractivity contribution in [3.8, 4) is 0 Å². The van der Waals surface area contributed by atoms with Gasteiger partial charge in [-0.15, -0.1) is 0 Å². The zero-order valence-corrected chi connectivity index (χ0v) is 10.7. The Balaban J connectivity index is 2.35. The summed E-state index contributed by atoms with van der Waals surface area (Å²) in [6.45, 7) is 1.81. The number of para-hydroxylation sites is 1. The molecule has 2 aromatic rings. The predicted molar refractivity (Wildman–Crippen MR) is 72.2 cm³/mol. The van der Waals surface area contributed by atoms with Gasteiger partial charge in [-0.05, 0) is 19.1 Å². The van der Waals surface area contributed by atoms with Crippen molar-refractivity contribution < 1.29 is 9.53 Å². The fourth-order valence-corrected chi connectivity index (χ4v) is 1.67. The Morgan fingerprint density at radius 3 is 2.74 bits per heavy atom. The average molecular weight is 258 g/mol. The van der Waals surface area contributed by atoms with Crippen LogP contribution < -0.4 is 11.1 Å². The van der Waals surface area contributed by atoms with Crippen molar-refractivity contribution in [3.63, 3.8) is 0 Å². The van der Waals surface area contributed by atoms with E-state index in [2.05, 4.69) is 15.3 Å². The maximum absolute atomic E-state index is 11.6. The van der Waals surface area contributed by atoms with Gasteiger partial charge >= 0.3 is 5.97 Å². The Hall–Kier alpha value is -2.63. The zero-order valence-electron chi connectivity index (χ0n) is 10.7. The third kappa shape index (κ3) is 2.98. The molecule has 0 unspecified atom stereocenters. The summed E-state index contributed by atoms with van der Waals surface area (Å²) in [4.78, 5) is 19.7. The van der Waals surface area contributed by atoms with Crippen LogP contribution in [0.1, 0.15) is 16.1 Å². The van der Waals surface area contributed by atoms with Crippen molar-refractivity contribution >= 4 is 23.4 Å². The van der Waals surface area contributed by atoms with Gasteiger partial charge in [0.1, 0.15) is 5.82 Å². The van der Waals surface area contributed by atoms with Crippen LogP contribution in [0.5, 0.6) is 0 Å². The molecule has 0 aliphatic carbocycles. The highest BCUT2D eigenvalue weighted by atomic mass is 16.5. The predicted octanol–water partition coefficient (Wildman–Crippen LogP) is 1.90. The molecule has 0 radical (unpaired) electrons. The largest absolute Gasteiger partial charge is 0.465 e. The van der Waals surface area contributed by atoms with Gasteiger partial charge in [0, 0.05) is 11.8 Å². The highest BCUT2D eigenvalue weighted by molar-refractivity contribution is 5.96. The highest BCUT2D eigenvalue weighted by Crippen LogP contribution is 2.21. The third-order valence-electron chi connectivity index (χ3n) is 2.47. The molecule has 6 heteroatoms. The quantitative estimate of drug-likeness (QED) is 0.817. The van der Waals surface area contributed by atoms with Crippen LogP contribution in [0.25, 0.3) is 0 Å². The normalized spacial score (nSPS) is 10.0. The maximum Gasteiger partial charge on any atom is 0.339 e. The third-order valence-corrected chi connectivity index (χ3v) is 2.47. The lowest BCUT2D eigenvalue weighted by Gasteiger charge is -2.10. The molecule has 6 nitrogen and oxygen atoms in total. The molecule has 0 aliphatic rings. The van der Waals surface area contributed by atoms with Gasteiger partial charge in [-0.1, -0.05) is 12.1 Å². The van der Waals surface area contributed by atoms with E-state index in [1.54, 1.807) is 24.3 Å². The summed E-state index contributed by atoms with van der Waals surface area (Å²) in [6.07, 6.45) is 0. The Bertz CT molecular complexity index is 593. The average Bonchev–Trinajstić information content (AvgIpc) is 2.37. The highest BCUT2D eigenvalue weighted by Gasteiger charge is 2.11. The number of carbonyl (C=O) groups is 1. The second-order valence-electron chi connectivity index (χ2n) is 3.91. The lowest BCUT2D eigenvalue weighted by atomic mass is 10.2. The zero-order chi connectivity index (χ0) is 13.8. The van der Waals surface area contributed by atoms with Gasteiger partial charge in [0.2, 0.25) is 5.95 Å². The Morgan fingerprint density at radius 2 is 2.05 bits per heavy atom. The van der Waals surface area contributed by atoms with Crippen molar-refractivity contribution in [2.45, 2.75) is 6.92 Å². The number of esters is 1. The van der Waals surface area contributed by atoms with Crippen molar-refractivity contribution in [2.24, 2.45) is 0 Å². The number of anilines is 3. The SMILES string of the molecule is COC(=O)c1ccccc1Nc1cc(C)nc(N)n1. The first-order valence-corrected chi connectivity index (χ1v) is 5.65. The lowest BCUT2D eigenvalue weighted by molar-refractivity contribution is 0.0602. The molecule has 0 aliphatic heterocycles. The summed E-state index contributed by atoms with van der Waals surface area (Å²) in [5, 5.41) is 3.04. The second-order valence-corrected chi connectivity index (χ2v) is 3.91. The maximum atomic E-state index is 11.6. The van der Waals surface area contributed by atoms with Gasteiger partial charge in [0.05, 0.1) is 18.4 Å². The van der Waals surface area contributed by atoms with Crippen LogP contribution in [-0.4, -0.2) is 23.0 Å². The Morgan fingerprint density at radius 1 is 1.32 bits per heavy atom. The smallest absolute Gasteiger partial charge is 0.339 e. The van der Waals surface area contributed by atoms with Gasteiger partial charge in [-0.25, -0.2) is 9.78 Å². The molecule has 1 aromatic carbocycles. The number of nitrogen functional groups attached to an aromatic ring is 1.